The number of aryl methyl sites for hydroxylation is 1. The summed E-state index contributed by atoms with van der Waals surface area (Å²) in [5.74, 6) is 0.615. The number of rotatable bonds is 8. The van der Waals surface area contributed by atoms with Crippen molar-refractivity contribution in [3.8, 4) is 22.4 Å². The first-order chi connectivity index (χ1) is 18.5. The fraction of sp³-hybridized carbons (Fsp3) is 0.250. The van der Waals surface area contributed by atoms with Crippen molar-refractivity contribution < 1.29 is 17.8 Å². The number of amides is 1. The summed E-state index contributed by atoms with van der Waals surface area (Å²) < 4.78 is 47.9. The number of nitrogens with two attached hydrogens (primary N) is 1. The van der Waals surface area contributed by atoms with Crippen LogP contribution in [0.4, 0.5) is 26.0 Å². The second kappa shape index (κ2) is 10.9. The number of nitrogens with zero attached hydrogens (tertiary/aromatic N) is 4. The first-order valence-electron chi connectivity index (χ1n) is 12.3. The van der Waals surface area contributed by atoms with Crippen LogP contribution < -0.4 is 11.1 Å². The van der Waals surface area contributed by atoms with E-state index >= 15 is 0 Å². The number of alkyl halides is 2. The number of hydrogen-bond donors (Lipinski definition) is 2. The zero-order valence-electron chi connectivity index (χ0n) is 22.2. The molecule has 0 unspecified atom stereocenters. The van der Waals surface area contributed by atoms with Crippen LogP contribution in [0.25, 0.3) is 33.4 Å². The first-order valence-corrected chi connectivity index (χ1v) is 14.2. The minimum atomic E-state index is -2.84. The SMILES string of the molecule is C=C(C)C(=O)Nc1ccc(-c2c(-c3ccc(N=S(=O)(CC)CC)cc3)c3c(N)ncnc3n2C)c(C(F)F)c1. The molecular formula is C28H30F2N6O2S. The van der Waals surface area contributed by atoms with E-state index in [2.05, 4.69) is 26.2 Å². The van der Waals surface area contributed by atoms with E-state index in [4.69, 9.17) is 5.73 Å². The molecule has 2 heterocycles. The molecule has 0 aliphatic rings. The summed E-state index contributed by atoms with van der Waals surface area (Å²) in [5, 5.41) is 3.11. The Morgan fingerprint density at radius 3 is 2.41 bits per heavy atom. The number of hydrogen-bond acceptors (Lipinski definition) is 6. The number of carbonyl (C=O) groups is 1. The topological polar surface area (TPSA) is 115 Å². The average molecular weight is 553 g/mol. The fourth-order valence-electron chi connectivity index (χ4n) is 4.36. The maximum Gasteiger partial charge on any atom is 0.264 e. The number of benzene rings is 2. The lowest BCUT2D eigenvalue weighted by molar-refractivity contribution is -0.112. The summed E-state index contributed by atoms with van der Waals surface area (Å²) in [7, 11) is -0.632. The molecule has 4 aromatic rings. The van der Waals surface area contributed by atoms with Gasteiger partial charge in [-0.15, -0.1) is 0 Å². The molecular weight excluding hydrogens is 522 g/mol. The number of carbonyl (C=O) groups excluding carboxylic acids is 1. The molecule has 0 fully saturated rings. The van der Waals surface area contributed by atoms with Crippen molar-refractivity contribution in [1.29, 1.82) is 0 Å². The normalized spacial score (nSPS) is 11.7. The highest BCUT2D eigenvalue weighted by Crippen LogP contribution is 2.45. The number of anilines is 2. The van der Waals surface area contributed by atoms with Crippen LogP contribution in [0, 0.1) is 0 Å². The van der Waals surface area contributed by atoms with E-state index in [1.165, 1.54) is 25.4 Å². The minimum absolute atomic E-state index is 0.203. The fourth-order valence-corrected chi connectivity index (χ4v) is 5.53. The quantitative estimate of drug-likeness (QED) is 0.243. The highest BCUT2D eigenvalue weighted by Gasteiger charge is 2.26. The molecule has 39 heavy (non-hydrogen) atoms. The lowest BCUT2D eigenvalue weighted by Gasteiger charge is -2.15. The third-order valence-corrected chi connectivity index (χ3v) is 8.86. The number of nitrogens with one attached hydrogen (secondary N) is 1. The molecule has 2 aromatic carbocycles. The van der Waals surface area contributed by atoms with Gasteiger partial charge in [0.15, 0.2) is 0 Å². The summed E-state index contributed by atoms with van der Waals surface area (Å²) in [5.41, 5.74) is 9.49. The van der Waals surface area contributed by atoms with Crippen LogP contribution in [0.1, 0.15) is 32.8 Å². The Morgan fingerprint density at radius 2 is 1.82 bits per heavy atom. The molecule has 4 rings (SSSR count). The van der Waals surface area contributed by atoms with Crippen molar-refractivity contribution in [2.24, 2.45) is 11.4 Å². The predicted octanol–water partition coefficient (Wildman–Crippen LogP) is 6.48. The van der Waals surface area contributed by atoms with E-state index in [1.807, 2.05) is 13.8 Å². The van der Waals surface area contributed by atoms with Crippen molar-refractivity contribution in [3.63, 3.8) is 0 Å². The molecule has 0 saturated carbocycles. The van der Waals surface area contributed by atoms with E-state index in [0.29, 0.717) is 45.0 Å². The monoisotopic (exact) mass is 552 g/mol. The molecule has 3 N–H and O–H groups in total. The molecule has 204 valence electrons. The molecule has 8 nitrogen and oxygen atoms in total. The van der Waals surface area contributed by atoms with Crippen molar-refractivity contribution in [3.05, 3.63) is 66.5 Å². The Morgan fingerprint density at radius 1 is 1.15 bits per heavy atom. The van der Waals surface area contributed by atoms with Crippen molar-refractivity contribution in [2.45, 2.75) is 27.2 Å². The van der Waals surface area contributed by atoms with Crippen molar-refractivity contribution >= 4 is 43.9 Å². The van der Waals surface area contributed by atoms with E-state index in [0.717, 1.165) is 0 Å². The number of fused-ring (bicyclic) bond motifs is 1. The molecule has 0 bridgehead atoms. The van der Waals surface area contributed by atoms with Crippen molar-refractivity contribution in [1.82, 2.24) is 14.5 Å². The largest absolute Gasteiger partial charge is 0.383 e. The Hall–Kier alpha value is -4.12. The summed E-state index contributed by atoms with van der Waals surface area (Å²) in [6.07, 6.45) is -1.52. The molecule has 0 saturated heterocycles. The highest BCUT2D eigenvalue weighted by atomic mass is 32.2. The maximum atomic E-state index is 14.4. The molecule has 11 heteroatoms. The smallest absolute Gasteiger partial charge is 0.264 e. The lowest BCUT2D eigenvalue weighted by Crippen LogP contribution is -2.12. The summed E-state index contributed by atoms with van der Waals surface area (Å²) >= 11 is 0. The number of aromatic nitrogens is 3. The Bertz CT molecular complexity index is 1690. The van der Waals surface area contributed by atoms with E-state index < -0.39 is 22.1 Å². The molecule has 2 aromatic heterocycles. The predicted molar refractivity (Wildman–Crippen MR) is 154 cm³/mol. The van der Waals surface area contributed by atoms with Gasteiger partial charge < -0.3 is 15.6 Å². The standard InChI is InChI=1S/C28H30F2N6O2S/c1-6-39(38,7-2)35-18-10-8-17(9-11-18)22-23-26(31)32-15-33-27(23)36(5)24(22)20-13-12-19(14-21(20)25(29)30)34-28(37)16(3)4/h8-15,25H,3,6-7H2,1-2,4-5H3,(H,34,37)(H2,31,32,33). The third-order valence-electron chi connectivity index (χ3n) is 6.51. The minimum Gasteiger partial charge on any atom is -0.383 e. The summed E-state index contributed by atoms with van der Waals surface area (Å²) in [4.78, 5) is 20.6. The van der Waals surface area contributed by atoms with E-state index in [-0.39, 0.29) is 28.2 Å². The molecule has 0 atom stereocenters. The second-order valence-electron chi connectivity index (χ2n) is 9.07. The summed E-state index contributed by atoms with van der Waals surface area (Å²) in [6.45, 7) is 8.80. The average Bonchev–Trinajstić information content (AvgIpc) is 3.22. The number of nitrogen functional groups attached to an aromatic ring is 1. The van der Waals surface area contributed by atoms with Gasteiger partial charge in [-0.25, -0.2) is 23.0 Å². The molecule has 0 radical (unpaired) electrons. The number of halogens is 2. The van der Waals surface area contributed by atoms with Gasteiger partial charge in [0.2, 0.25) is 0 Å². The van der Waals surface area contributed by atoms with Crippen LogP contribution in [0.3, 0.4) is 0 Å². The van der Waals surface area contributed by atoms with Crippen LogP contribution in [0.2, 0.25) is 0 Å². The van der Waals surface area contributed by atoms with Crippen LogP contribution >= 0.6 is 0 Å². The van der Waals surface area contributed by atoms with Crippen LogP contribution in [0.15, 0.2) is 65.3 Å². The maximum absolute atomic E-state index is 14.4. The summed E-state index contributed by atoms with van der Waals surface area (Å²) in [6, 6.07) is 11.4. The van der Waals surface area contributed by atoms with Gasteiger partial charge in [0, 0.05) is 46.5 Å². The molecule has 0 aliphatic heterocycles. The van der Waals surface area contributed by atoms with Crippen molar-refractivity contribution in [2.75, 3.05) is 22.6 Å². The molecule has 0 spiro atoms. The third kappa shape index (κ3) is 5.40. The van der Waals surface area contributed by atoms with Crippen LogP contribution in [0.5, 0.6) is 0 Å². The van der Waals surface area contributed by atoms with Gasteiger partial charge in [-0.2, -0.15) is 4.36 Å². The van der Waals surface area contributed by atoms with Gasteiger partial charge in [-0.3, -0.25) is 4.79 Å². The lowest BCUT2D eigenvalue weighted by atomic mass is 9.95. The van der Waals surface area contributed by atoms with Gasteiger partial charge in [0.1, 0.15) is 17.8 Å². The zero-order chi connectivity index (χ0) is 28.5. The second-order valence-corrected chi connectivity index (χ2v) is 11.9. The Balaban J connectivity index is 1.97. The Kier molecular flexibility index (Phi) is 7.82. The van der Waals surface area contributed by atoms with E-state index in [1.54, 1.807) is 41.9 Å². The molecule has 0 aliphatic carbocycles. The van der Waals surface area contributed by atoms with Gasteiger partial charge in [-0.05, 0) is 36.8 Å². The van der Waals surface area contributed by atoms with Gasteiger partial charge in [0.25, 0.3) is 12.3 Å². The van der Waals surface area contributed by atoms with Gasteiger partial charge in [-0.1, -0.05) is 38.6 Å². The van der Waals surface area contributed by atoms with Crippen LogP contribution in [-0.2, 0) is 21.6 Å². The zero-order valence-corrected chi connectivity index (χ0v) is 23.0. The van der Waals surface area contributed by atoms with Crippen LogP contribution in [-0.4, -0.2) is 36.2 Å². The van der Waals surface area contributed by atoms with E-state index in [9.17, 15) is 17.8 Å². The van der Waals surface area contributed by atoms with Gasteiger partial charge >= 0.3 is 0 Å². The first kappa shape index (κ1) is 27.9. The molecule has 1 amide bonds. The Labute approximate surface area is 226 Å². The highest BCUT2D eigenvalue weighted by molar-refractivity contribution is 7.93. The van der Waals surface area contributed by atoms with Gasteiger partial charge in [0.05, 0.1) is 26.5 Å².